The number of hydrogen-bond donors (Lipinski definition) is 2. The highest BCUT2D eigenvalue weighted by Crippen LogP contribution is 2.27. The summed E-state index contributed by atoms with van der Waals surface area (Å²) in [7, 11) is 0. The Morgan fingerprint density at radius 1 is 1.09 bits per heavy atom. The number of nitrogens with one attached hydrogen (secondary N) is 1. The van der Waals surface area contributed by atoms with Crippen LogP contribution in [0.1, 0.15) is 15.9 Å². The molecule has 4 aromatic rings. The Balaban J connectivity index is 1.42. The minimum atomic E-state index is -0.431. The first kappa shape index (κ1) is 20.0. The van der Waals surface area contributed by atoms with Gasteiger partial charge in [-0.25, -0.2) is 9.97 Å². The Hall–Kier alpha value is -3.91. The molecule has 32 heavy (non-hydrogen) atoms. The number of carbonyl (C=O) groups excluding carboxylic acids is 1. The van der Waals surface area contributed by atoms with Gasteiger partial charge in [0.1, 0.15) is 0 Å². The molecule has 0 unspecified atom stereocenters. The molecule has 1 fully saturated rings. The Labute approximate surface area is 185 Å². The predicted molar refractivity (Wildman–Crippen MR) is 124 cm³/mol. The number of aromatic nitrogens is 3. The lowest BCUT2D eigenvalue weighted by molar-refractivity contribution is 0.0999. The molecule has 3 N–H and O–H groups in total. The average molecular weight is 428 g/mol. The molecule has 1 aliphatic heterocycles. The number of amides is 1. The lowest BCUT2D eigenvalue weighted by Crippen LogP contribution is -2.36. The third-order valence-electron chi connectivity index (χ3n) is 5.72. The van der Waals surface area contributed by atoms with E-state index in [9.17, 15) is 4.79 Å². The minimum Gasteiger partial charge on any atom is -0.378 e. The molecule has 3 heterocycles. The van der Waals surface area contributed by atoms with Crippen LogP contribution in [-0.2, 0) is 4.74 Å². The molecule has 0 spiro atoms. The van der Waals surface area contributed by atoms with Crippen molar-refractivity contribution in [3.05, 3.63) is 72.2 Å². The molecular weight excluding hydrogens is 404 g/mol. The summed E-state index contributed by atoms with van der Waals surface area (Å²) in [4.78, 5) is 23.0. The number of carbonyl (C=O) groups is 1. The fourth-order valence-corrected chi connectivity index (χ4v) is 4.03. The standard InChI is InChI=1S/C24H24N6O2/c1-16-14-17(2-7-20(16)22(25)31)21-15-27-23(24-26-8-9-30(21)24)28-18-3-5-19(6-4-18)29-10-12-32-13-11-29/h2-9,14-15H,10-13H2,1H3,(H2,25,31)(H,27,28). The number of anilines is 3. The zero-order valence-corrected chi connectivity index (χ0v) is 17.8. The maximum absolute atomic E-state index is 11.5. The number of benzene rings is 2. The summed E-state index contributed by atoms with van der Waals surface area (Å²) in [5.74, 6) is 0.238. The van der Waals surface area contributed by atoms with Crippen LogP contribution in [0.5, 0.6) is 0 Å². The molecule has 0 bridgehead atoms. The highest BCUT2D eigenvalue weighted by Gasteiger charge is 2.14. The van der Waals surface area contributed by atoms with Crippen LogP contribution in [0.4, 0.5) is 17.2 Å². The highest BCUT2D eigenvalue weighted by atomic mass is 16.5. The lowest BCUT2D eigenvalue weighted by Gasteiger charge is -2.28. The van der Waals surface area contributed by atoms with Crippen molar-refractivity contribution in [2.45, 2.75) is 6.92 Å². The highest BCUT2D eigenvalue weighted by molar-refractivity contribution is 5.95. The summed E-state index contributed by atoms with van der Waals surface area (Å²) in [6, 6.07) is 13.9. The molecule has 0 aliphatic carbocycles. The molecule has 2 aromatic carbocycles. The fourth-order valence-electron chi connectivity index (χ4n) is 4.03. The van der Waals surface area contributed by atoms with Gasteiger partial charge < -0.3 is 20.7 Å². The quantitative estimate of drug-likeness (QED) is 0.506. The molecule has 0 radical (unpaired) electrons. The van der Waals surface area contributed by atoms with Crippen LogP contribution in [0.2, 0.25) is 0 Å². The molecule has 8 nitrogen and oxygen atoms in total. The predicted octanol–water partition coefficient (Wildman–Crippen LogP) is 3.38. The molecule has 8 heteroatoms. The third-order valence-corrected chi connectivity index (χ3v) is 5.72. The maximum atomic E-state index is 11.5. The van der Waals surface area contributed by atoms with Gasteiger partial charge in [-0.15, -0.1) is 0 Å². The van der Waals surface area contributed by atoms with Crippen molar-refractivity contribution in [3.63, 3.8) is 0 Å². The number of nitrogens with two attached hydrogens (primary N) is 1. The van der Waals surface area contributed by atoms with Crippen LogP contribution < -0.4 is 16.0 Å². The number of primary amides is 1. The second-order valence-corrected chi connectivity index (χ2v) is 7.78. The second kappa shape index (κ2) is 8.32. The van der Waals surface area contributed by atoms with Crippen LogP contribution >= 0.6 is 0 Å². The van der Waals surface area contributed by atoms with E-state index in [0.29, 0.717) is 11.4 Å². The smallest absolute Gasteiger partial charge is 0.248 e. The lowest BCUT2D eigenvalue weighted by atomic mass is 10.0. The van der Waals surface area contributed by atoms with Gasteiger partial charge in [0.15, 0.2) is 11.5 Å². The molecular formula is C24H24N6O2. The van der Waals surface area contributed by atoms with Gasteiger partial charge in [0, 0.05) is 48.0 Å². The number of rotatable bonds is 5. The van der Waals surface area contributed by atoms with Crippen molar-refractivity contribution < 1.29 is 9.53 Å². The maximum Gasteiger partial charge on any atom is 0.248 e. The molecule has 162 valence electrons. The van der Waals surface area contributed by atoms with E-state index in [1.54, 1.807) is 18.5 Å². The average Bonchev–Trinajstić information content (AvgIpc) is 3.30. The van der Waals surface area contributed by atoms with Crippen LogP contribution in [0.3, 0.4) is 0 Å². The van der Waals surface area contributed by atoms with E-state index in [2.05, 4.69) is 32.3 Å². The Bertz CT molecular complexity index is 1280. The largest absolute Gasteiger partial charge is 0.378 e. The normalized spacial score (nSPS) is 14.0. The van der Waals surface area contributed by atoms with Gasteiger partial charge in [-0.3, -0.25) is 9.20 Å². The number of aryl methyl sites for hydroxylation is 1. The van der Waals surface area contributed by atoms with E-state index in [1.165, 1.54) is 5.69 Å². The Morgan fingerprint density at radius 2 is 1.88 bits per heavy atom. The van der Waals surface area contributed by atoms with Gasteiger partial charge in [-0.1, -0.05) is 6.07 Å². The van der Waals surface area contributed by atoms with Crippen molar-refractivity contribution in [2.75, 3.05) is 36.5 Å². The molecule has 0 saturated carbocycles. The number of morpholine rings is 1. The first-order valence-electron chi connectivity index (χ1n) is 10.5. The van der Waals surface area contributed by atoms with Gasteiger partial charge in [-0.05, 0) is 48.9 Å². The topological polar surface area (TPSA) is 97.8 Å². The Kier molecular flexibility index (Phi) is 5.20. The molecule has 1 aliphatic rings. The van der Waals surface area contributed by atoms with E-state index in [1.807, 2.05) is 41.8 Å². The van der Waals surface area contributed by atoms with Crippen molar-refractivity contribution in [2.24, 2.45) is 5.73 Å². The van der Waals surface area contributed by atoms with Crippen LogP contribution in [-0.4, -0.2) is 46.6 Å². The van der Waals surface area contributed by atoms with Gasteiger partial charge in [0.25, 0.3) is 0 Å². The van der Waals surface area contributed by atoms with E-state index >= 15 is 0 Å². The number of fused-ring (bicyclic) bond motifs is 1. The zero-order valence-electron chi connectivity index (χ0n) is 17.8. The minimum absolute atomic E-state index is 0.431. The van der Waals surface area contributed by atoms with Crippen LogP contribution in [0.15, 0.2) is 61.1 Å². The van der Waals surface area contributed by atoms with Crippen LogP contribution in [0.25, 0.3) is 16.9 Å². The Morgan fingerprint density at radius 3 is 2.59 bits per heavy atom. The van der Waals surface area contributed by atoms with E-state index < -0.39 is 5.91 Å². The van der Waals surface area contributed by atoms with E-state index in [-0.39, 0.29) is 0 Å². The molecule has 5 rings (SSSR count). The van der Waals surface area contributed by atoms with E-state index in [4.69, 9.17) is 10.5 Å². The summed E-state index contributed by atoms with van der Waals surface area (Å²) in [6.07, 6.45) is 5.45. The second-order valence-electron chi connectivity index (χ2n) is 7.78. The summed E-state index contributed by atoms with van der Waals surface area (Å²) < 4.78 is 7.41. The number of hydrogen-bond acceptors (Lipinski definition) is 6. The van der Waals surface area contributed by atoms with Crippen molar-refractivity contribution in [1.29, 1.82) is 0 Å². The van der Waals surface area contributed by atoms with Crippen molar-refractivity contribution >= 4 is 28.7 Å². The fraction of sp³-hybridized carbons (Fsp3) is 0.208. The zero-order chi connectivity index (χ0) is 22.1. The summed E-state index contributed by atoms with van der Waals surface area (Å²) >= 11 is 0. The first-order chi connectivity index (χ1) is 15.6. The first-order valence-corrected chi connectivity index (χ1v) is 10.5. The third kappa shape index (κ3) is 3.76. The van der Waals surface area contributed by atoms with Crippen molar-refractivity contribution in [1.82, 2.24) is 14.4 Å². The summed E-state index contributed by atoms with van der Waals surface area (Å²) in [5.41, 5.74) is 11.4. The summed E-state index contributed by atoms with van der Waals surface area (Å²) in [6.45, 7) is 5.21. The number of nitrogens with zero attached hydrogens (tertiary/aromatic N) is 4. The molecule has 1 saturated heterocycles. The monoisotopic (exact) mass is 428 g/mol. The molecule has 0 atom stereocenters. The molecule has 2 aromatic heterocycles. The SMILES string of the molecule is Cc1cc(-c2cnc(Nc3ccc(N4CCOCC4)cc3)c3nccn23)ccc1C(N)=O. The van der Waals surface area contributed by atoms with Gasteiger partial charge >= 0.3 is 0 Å². The van der Waals surface area contributed by atoms with Gasteiger partial charge in [-0.2, -0.15) is 0 Å². The van der Waals surface area contributed by atoms with Gasteiger partial charge in [0.2, 0.25) is 5.91 Å². The van der Waals surface area contributed by atoms with Gasteiger partial charge in [0.05, 0.1) is 25.1 Å². The molecule has 1 amide bonds. The number of ether oxygens (including phenoxy) is 1. The number of imidazole rings is 1. The van der Waals surface area contributed by atoms with E-state index in [0.717, 1.165) is 54.5 Å². The van der Waals surface area contributed by atoms with Crippen molar-refractivity contribution in [3.8, 4) is 11.3 Å². The summed E-state index contributed by atoms with van der Waals surface area (Å²) in [5, 5.41) is 3.38. The van der Waals surface area contributed by atoms with Crippen LogP contribution in [0, 0.1) is 6.92 Å².